The van der Waals surface area contributed by atoms with E-state index in [2.05, 4.69) is 11.3 Å². The van der Waals surface area contributed by atoms with Crippen LogP contribution in [-0.4, -0.2) is 0 Å². The number of aryl methyl sites for hydroxylation is 2. The molecule has 3 aromatic carbocycles. The molecule has 0 N–H and O–H groups in total. The number of ether oxygens (including phenoxy) is 1. The summed E-state index contributed by atoms with van der Waals surface area (Å²) in [6.45, 7) is 3.25. The van der Waals surface area contributed by atoms with Crippen molar-refractivity contribution in [1.29, 1.82) is 0 Å². The summed E-state index contributed by atoms with van der Waals surface area (Å²) in [7, 11) is 0. The molecule has 0 aliphatic heterocycles. The lowest BCUT2D eigenvalue weighted by molar-refractivity contribution is -0.187. The Kier molecular flexibility index (Phi) is 5.10. The van der Waals surface area contributed by atoms with Gasteiger partial charge in [-0.25, -0.2) is 13.2 Å². The number of benzene rings is 3. The van der Waals surface area contributed by atoms with Crippen molar-refractivity contribution in [2.75, 3.05) is 0 Å². The van der Waals surface area contributed by atoms with E-state index in [-0.39, 0.29) is 0 Å². The maximum absolute atomic E-state index is 14.6. The summed E-state index contributed by atoms with van der Waals surface area (Å²) in [6.07, 6.45) is -0.210. The first-order valence-electron chi connectivity index (χ1n) is 9.39. The first-order chi connectivity index (χ1) is 14.3. The van der Waals surface area contributed by atoms with Gasteiger partial charge >= 0.3 is 6.11 Å². The van der Waals surface area contributed by atoms with Crippen molar-refractivity contribution in [2.45, 2.75) is 25.4 Å². The summed E-state index contributed by atoms with van der Waals surface area (Å²) in [5.74, 6) is -4.16. The van der Waals surface area contributed by atoms with Crippen molar-refractivity contribution in [1.82, 2.24) is 0 Å². The first kappa shape index (κ1) is 20.1. The Morgan fingerprint density at radius 3 is 2.10 bits per heavy atom. The van der Waals surface area contributed by atoms with Crippen LogP contribution < -0.4 is 4.74 Å². The zero-order valence-electron chi connectivity index (χ0n) is 15.8. The van der Waals surface area contributed by atoms with E-state index in [4.69, 9.17) is 0 Å². The molecule has 1 nitrogen and oxygen atoms in total. The Balaban J connectivity index is 1.63. The van der Waals surface area contributed by atoms with E-state index in [1.807, 2.05) is 18.2 Å². The molecule has 0 bridgehead atoms. The van der Waals surface area contributed by atoms with Gasteiger partial charge in [-0.2, -0.15) is 8.78 Å². The van der Waals surface area contributed by atoms with Crippen LogP contribution in [0.5, 0.6) is 5.75 Å². The minimum atomic E-state index is -4.13. The molecule has 0 saturated carbocycles. The minimum absolute atomic E-state index is 0.453. The number of hydrogen-bond acceptors (Lipinski definition) is 1. The maximum atomic E-state index is 14.6. The average Bonchev–Trinajstić information content (AvgIpc) is 3.15. The Labute approximate surface area is 170 Å². The molecular weight excluding hydrogens is 399 g/mol. The molecule has 0 spiro atoms. The van der Waals surface area contributed by atoms with E-state index in [0.29, 0.717) is 17.7 Å². The summed E-state index contributed by atoms with van der Waals surface area (Å²) in [6, 6.07) is 10.2. The van der Waals surface area contributed by atoms with Gasteiger partial charge in [-0.3, -0.25) is 0 Å². The van der Waals surface area contributed by atoms with Crippen LogP contribution in [0.15, 0.2) is 55.1 Å². The summed E-state index contributed by atoms with van der Waals surface area (Å²) in [5.41, 5.74) is 2.12. The molecule has 6 heteroatoms. The van der Waals surface area contributed by atoms with Crippen molar-refractivity contribution in [3.8, 4) is 16.9 Å². The van der Waals surface area contributed by atoms with Crippen LogP contribution in [0.4, 0.5) is 22.0 Å². The third-order valence-electron chi connectivity index (χ3n) is 5.22. The second kappa shape index (κ2) is 7.59. The van der Waals surface area contributed by atoms with Crippen molar-refractivity contribution in [3.63, 3.8) is 0 Å². The Hall–Kier alpha value is -3.15. The highest BCUT2D eigenvalue weighted by Crippen LogP contribution is 2.36. The predicted molar refractivity (Wildman–Crippen MR) is 105 cm³/mol. The molecule has 0 amide bonds. The molecule has 154 valence electrons. The first-order valence-corrected chi connectivity index (χ1v) is 9.39. The van der Waals surface area contributed by atoms with Crippen molar-refractivity contribution >= 4 is 6.08 Å². The normalized spacial score (nSPS) is 13.2. The summed E-state index contributed by atoms with van der Waals surface area (Å²) in [4.78, 5) is 0. The molecule has 0 saturated heterocycles. The van der Waals surface area contributed by atoms with E-state index < -0.39 is 40.4 Å². The summed E-state index contributed by atoms with van der Waals surface area (Å²) >= 11 is 0. The topological polar surface area (TPSA) is 9.23 Å². The van der Waals surface area contributed by atoms with E-state index in [1.165, 1.54) is 17.2 Å². The number of rotatable bonds is 5. The lowest BCUT2D eigenvalue weighted by atomic mass is 9.99. The summed E-state index contributed by atoms with van der Waals surface area (Å²) in [5, 5.41) is 0. The fraction of sp³-hybridized carbons (Fsp3) is 0.167. The zero-order chi connectivity index (χ0) is 21.5. The SMILES string of the molecule is C=Cc1c(F)cc(OC(F)(F)c2ccc(-c3ccc4c(c3)CCC4)cc2F)cc1F. The monoisotopic (exact) mass is 416 g/mol. The van der Waals surface area contributed by atoms with Crippen molar-refractivity contribution < 1.29 is 26.7 Å². The van der Waals surface area contributed by atoms with Crippen molar-refractivity contribution in [2.24, 2.45) is 0 Å². The van der Waals surface area contributed by atoms with Crippen molar-refractivity contribution in [3.05, 3.63) is 94.8 Å². The second-order valence-electron chi connectivity index (χ2n) is 7.16. The zero-order valence-corrected chi connectivity index (χ0v) is 15.8. The second-order valence-corrected chi connectivity index (χ2v) is 7.16. The lowest BCUT2D eigenvalue weighted by Crippen LogP contribution is -2.23. The summed E-state index contributed by atoms with van der Waals surface area (Å²) < 4.78 is 75.7. The number of alkyl halides is 2. The van der Waals surface area contributed by atoms with Gasteiger partial charge in [-0.1, -0.05) is 36.9 Å². The molecule has 0 heterocycles. The molecule has 0 fully saturated rings. The largest absolute Gasteiger partial charge is 0.429 e. The van der Waals surface area contributed by atoms with Crippen LogP contribution in [0.3, 0.4) is 0 Å². The Bertz CT molecular complexity index is 1110. The van der Waals surface area contributed by atoms with Gasteiger partial charge in [0, 0.05) is 17.7 Å². The highest BCUT2D eigenvalue weighted by atomic mass is 19.3. The van der Waals surface area contributed by atoms with Gasteiger partial charge in [0.15, 0.2) is 0 Å². The van der Waals surface area contributed by atoms with Crippen LogP contribution in [0, 0.1) is 17.5 Å². The molecule has 0 unspecified atom stereocenters. The van der Waals surface area contributed by atoms with E-state index in [1.54, 1.807) is 0 Å². The van der Waals surface area contributed by atoms with Crippen LogP contribution in [0.2, 0.25) is 0 Å². The maximum Gasteiger partial charge on any atom is 0.429 e. The fourth-order valence-corrected chi connectivity index (χ4v) is 3.70. The number of fused-ring (bicyclic) bond motifs is 1. The smallest absolute Gasteiger partial charge is 0.429 e. The average molecular weight is 416 g/mol. The molecule has 3 aromatic rings. The molecule has 0 radical (unpaired) electrons. The van der Waals surface area contributed by atoms with Gasteiger partial charge in [0.25, 0.3) is 0 Å². The quantitative estimate of drug-likeness (QED) is 0.406. The number of halogens is 5. The molecule has 1 aliphatic rings. The minimum Gasteiger partial charge on any atom is -0.429 e. The molecule has 0 atom stereocenters. The van der Waals surface area contributed by atoms with Crippen LogP contribution in [-0.2, 0) is 19.0 Å². The van der Waals surface area contributed by atoms with Gasteiger partial charge in [0.05, 0.1) is 5.56 Å². The van der Waals surface area contributed by atoms with Gasteiger partial charge < -0.3 is 4.74 Å². The van der Waals surface area contributed by atoms with E-state index in [9.17, 15) is 22.0 Å². The Morgan fingerprint density at radius 1 is 0.800 bits per heavy atom. The molecule has 0 aromatic heterocycles. The van der Waals surface area contributed by atoms with Gasteiger partial charge in [-0.15, -0.1) is 0 Å². The third-order valence-corrected chi connectivity index (χ3v) is 5.22. The molecule has 4 rings (SSSR count). The Morgan fingerprint density at radius 2 is 1.43 bits per heavy atom. The molecule has 1 aliphatic carbocycles. The van der Waals surface area contributed by atoms with Crippen LogP contribution in [0.25, 0.3) is 17.2 Å². The lowest BCUT2D eigenvalue weighted by Gasteiger charge is -2.20. The highest BCUT2D eigenvalue weighted by Gasteiger charge is 2.38. The van der Waals surface area contributed by atoms with Gasteiger partial charge in [-0.05, 0) is 53.6 Å². The number of hydrogen-bond donors (Lipinski definition) is 0. The molecule has 30 heavy (non-hydrogen) atoms. The van der Waals surface area contributed by atoms with Gasteiger partial charge in [0.2, 0.25) is 0 Å². The fourth-order valence-electron chi connectivity index (χ4n) is 3.70. The van der Waals surface area contributed by atoms with Crippen LogP contribution in [0.1, 0.15) is 28.7 Å². The highest BCUT2D eigenvalue weighted by molar-refractivity contribution is 5.66. The van der Waals surface area contributed by atoms with E-state index in [0.717, 1.165) is 43.0 Å². The van der Waals surface area contributed by atoms with Crippen LogP contribution >= 0.6 is 0 Å². The predicted octanol–water partition coefficient (Wildman–Crippen LogP) is 7.03. The third kappa shape index (κ3) is 3.70. The van der Waals surface area contributed by atoms with Gasteiger partial charge in [0.1, 0.15) is 23.2 Å². The van der Waals surface area contributed by atoms with E-state index >= 15 is 0 Å². The molecular formula is C24H17F5O. The standard InChI is InChI=1S/C24H17F5O/c1-2-19-21(25)12-18(13-22(19)26)30-24(28,29)20-9-8-17(11-23(20)27)16-7-6-14-4-3-5-15(14)10-16/h2,6-13H,1,3-5H2.